The van der Waals surface area contributed by atoms with Gasteiger partial charge in [0.1, 0.15) is 0 Å². The molecule has 1 N–H and O–H groups in total. The van der Waals surface area contributed by atoms with Crippen molar-refractivity contribution in [3.8, 4) is 0 Å². The standard InChI is InChI=1S/C14H16ClF2NO2/c15-11-8-13(17)12(16)7-10(11)14(20)18-5-1-3-9(18)4-2-6-19/h7-9,19H,1-6H2. The van der Waals surface area contributed by atoms with Crippen LogP contribution in [0.15, 0.2) is 12.1 Å². The molecule has 0 radical (unpaired) electrons. The van der Waals surface area contributed by atoms with E-state index < -0.39 is 11.6 Å². The molecule has 6 heteroatoms. The van der Waals surface area contributed by atoms with Crippen molar-refractivity contribution in [3.05, 3.63) is 34.4 Å². The Balaban J connectivity index is 2.20. The first-order valence-electron chi connectivity index (χ1n) is 6.61. The van der Waals surface area contributed by atoms with Gasteiger partial charge in [0, 0.05) is 19.2 Å². The van der Waals surface area contributed by atoms with Crippen LogP contribution in [0.1, 0.15) is 36.0 Å². The van der Waals surface area contributed by atoms with E-state index in [-0.39, 0.29) is 29.1 Å². The van der Waals surface area contributed by atoms with Crippen LogP contribution in [0.5, 0.6) is 0 Å². The third kappa shape index (κ3) is 3.10. The van der Waals surface area contributed by atoms with E-state index in [1.165, 1.54) is 0 Å². The van der Waals surface area contributed by atoms with Crippen molar-refractivity contribution >= 4 is 17.5 Å². The number of carbonyl (C=O) groups excluding carboxylic acids is 1. The Morgan fingerprint density at radius 3 is 2.80 bits per heavy atom. The first kappa shape index (κ1) is 15.2. The number of halogens is 3. The molecule has 1 atom stereocenters. The van der Waals surface area contributed by atoms with Gasteiger partial charge in [0.2, 0.25) is 0 Å². The van der Waals surface area contributed by atoms with Crippen molar-refractivity contribution in [2.75, 3.05) is 13.2 Å². The van der Waals surface area contributed by atoms with Gasteiger partial charge in [-0.2, -0.15) is 0 Å². The molecule has 0 saturated carbocycles. The number of rotatable bonds is 4. The van der Waals surface area contributed by atoms with Gasteiger partial charge in [0.15, 0.2) is 11.6 Å². The first-order chi connectivity index (χ1) is 9.54. The zero-order chi connectivity index (χ0) is 14.7. The summed E-state index contributed by atoms with van der Waals surface area (Å²) in [7, 11) is 0. The van der Waals surface area contributed by atoms with Crippen LogP contribution in [-0.4, -0.2) is 35.1 Å². The maximum Gasteiger partial charge on any atom is 0.255 e. The van der Waals surface area contributed by atoms with Crippen molar-refractivity contribution in [2.24, 2.45) is 0 Å². The Bertz CT molecular complexity index is 510. The molecule has 1 heterocycles. The van der Waals surface area contributed by atoms with Crippen molar-refractivity contribution in [1.82, 2.24) is 4.90 Å². The maximum atomic E-state index is 13.3. The predicted octanol–water partition coefficient (Wildman–Crippen LogP) is 3.00. The summed E-state index contributed by atoms with van der Waals surface area (Å²) in [6.45, 7) is 0.648. The van der Waals surface area contributed by atoms with Crippen LogP contribution in [0.4, 0.5) is 8.78 Å². The summed E-state index contributed by atoms with van der Waals surface area (Å²) in [5.41, 5.74) is -0.0125. The third-order valence-corrected chi connectivity index (χ3v) is 3.89. The van der Waals surface area contributed by atoms with E-state index in [9.17, 15) is 13.6 Å². The lowest BCUT2D eigenvalue weighted by atomic mass is 10.1. The molecule has 0 bridgehead atoms. The molecule has 1 aliphatic rings. The fraction of sp³-hybridized carbons (Fsp3) is 0.500. The van der Waals surface area contributed by atoms with E-state index in [4.69, 9.17) is 16.7 Å². The average molecular weight is 304 g/mol. The Hall–Kier alpha value is -1.20. The summed E-state index contributed by atoms with van der Waals surface area (Å²) in [5.74, 6) is -2.53. The molecule has 1 aromatic carbocycles. The van der Waals surface area contributed by atoms with Gasteiger partial charge in [-0.15, -0.1) is 0 Å². The Morgan fingerprint density at radius 2 is 2.10 bits per heavy atom. The molecule has 0 spiro atoms. The molecule has 2 rings (SSSR count). The van der Waals surface area contributed by atoms with Gasteiger partial charge in [-0.05, 0) is 37.8 Å². The molecule has 1 aliphatic heterocycles. The van der Waals surface area contributed by atoms with Crippen LogP contribution in [0.25, 0.3) is 0 Å². The molecule has 0 aliphatic carbocycles. The lowest BCUT2D eigenvalue weighted by Crippen LogP contribution is -2.35. The van der Waals surface area contributed by atoms with Gasteiger partial charge in [-0.1, -0.05) is 11.6 Å². The quantitative estimate of drug-likeness (QED) is 0.869. The van der Waals surface area contributed by atoms with Crippen LogP contribution in [0.3, 0.4) is 0 Å². The van der Waals surface area contributed by atoms with E-state index in [0.717, 1.165) is 25.0 Å². The minimum absolute atomic E-state index is 0.0125. The molecule has 1 aromatic rings. The Kier molecular flexibility index (Phi) is 4.94. The van der Waals surface area contributed by atoms with E-state index in [1.54, 1.807) is 4.90 Å². The highest BCUT2D eigenvalue weighted by Gasteiger charge is 2.30. The largest absolute Gasteiger partial charge is 0.396 e. The van der Waals surface area contributed by atoms with Crippen LogP contribution in [0, 0.1) is 11.6 Å². The highest BCUT2D eigenvalue weighted by molar-refractivity contribution is 6.33. The summed E-state index contributed by atoms with van der Waals surface area (Å²) in [6, 6.07) is 1.70. The van der Waals surface area contributed by atoms with Crippen LogP contribution < -0.4 is 0 Å². The molecule has 1 unspecified atom stereocenters. The number of likely N-dealkylation sites (tertiary alicyclic amines) is 1. The summed E-state index contributed by atoms with van der Waals surface area (Å²) >= 11 is 5.83. The van der Waals surface area contributed by atoms with E-state index >= 15 is 0 Å². The molecule has 1 saturated heterocycles. The smallest absolute Gasteiger partial charge is 0.255 e. The lowest BCUT2D eigenvalue weighted by Gasteiger charge is -2.25. The molecule has 110 valence electrons. The number of aliphatic hydroxyl groups excluding tert-OH is 1. The van der Waals surface area contributed by atoms with Gasteiger partial charge < -0.3 is 10.0 Å². The molecule has 20 heavy (non-hydrogen) atoms. The van der Waals surface area contributed by atoms with Crippen molar-refractivity contribution in [3.63, 3.8) is 0 Å². The molecular formula is C14H16ClF2NO2. The average Bonchev–Trinajstić information content (AvgIpc) is 2.88. The fourth-order valence-electron chi connectivity index (χ4n) is 2.57. The molecule has 1 fully saturated rings. The molecule has 0 aromatic heterocycles. The highest BCUT2D eigenvalue weighted by atomic mass is 35.5. The minimum Gasteiger partial charge on any atom is -0.396 e. The number of carbonyl (C=O) groups is 1. The second-order valence-corrected chi connectivity index (χ2v) is 5.31. The molecule has 3 nitrogen and oxygen atoms in total. The SMILES string of the molecule is O=C(c1cc(F)c(F)cc1Cl)N1CCCC1CCCO. The summed E-state index contributed by atoms with van der Waals surface area (Å²) in [5, 5.41) is 8.78. The first-order valence-corrected chi connectivity index (χ1v) is 6.98. The predicted molar refractivity (Wildman–Crippen MR) is 71.7 cm³/mol. The number of aliphatic hydroxyl groups is 1. The zero-order valence-corrected chi connectivity index (χ0v) is 11.7. The number of nitrogens with zero attached hydrogens (tertiary/aromatic N) is 1. The molecular weight excluding hydrogens is 288 g/mol. The van der Waals surface area contributed by atoms with E-state index in [1.807, 2.05) is 0 Å². The van der Waals surface area contributed by atoms with Gasteiger partial charge in [-0.25, -0.2) is 8.78 Å². The van der Waals surface area contributed by atoms with Crippen molar-refractivity contribution in [1.29, 1.82) is 0 Å². The Labute approximate surface area is 121 Å². The number of hydrogen-bond donors (Lipinski definition) is 1. The molecule has 1 amide bonds. The third-order valence-electron chi connectivity index (χ3n) is 3.57. The zero-order valence-electron chi connectivity index (χ0n) is 10.9. The highest BCUT2D eigenvalue weighted by Crippen LogP contribution is 2.27. The van der Waals surface area contributed by atoms with Gasteiger partial charge >= 0.3 is 0 Å². The summed E-state index contributed by atoms with van der Waals surface area (Å²) in [4.78, 5) is 14.0. The van der Waals surface area contributed by atoms with E-state index in [2.05, 4.69) is 0 Å². The monoisotopic (exact) mass is 303 g/mol. The number of benzene rings is 1. The lowest BCUT2D eigenvalue weighted by molar-refractivity contribution is 0.0724. The summed E-state index contributed by atoms with van der Waals surface area (Å²) < 4.78 is 26.3. The topological polar surface area (TPSA) is 40.5 Å². The van der Waals surface area contributed by atoms with Crippen molar-refractivity contribution in [2.45, 2.75) is 31.7 Å². The number of hydrogen-bond acceptors (Lipinski definition) is 2. The van der Waals surface area contributed by atoms with Crippen LogP contribution in [-0.2, 0) is 0 Å². The normalized spacial score (nSPS) is 18.6. The van der Waals surface area contributed by atoms with Gasteiger partial charge in [0.05, 0.1) is 10.6 Å². The Morgan fingerprint density at radius 1 is 1.40 bits per heavy atom. The second kappa shape index (κ2) is 6.50. The second-order valence-electron chi connectivity index (χ2n) is 4.91. The number of amides is 1. The minimum atomic E-state index is -1.08. The van der Waals surface area contributed by atoms with Gasteiger partial charge in [-0.3, -0.25) is 4.79 Å². The maximum absolute atomic E-state index is 13.3. The van der Waals surface area contributed by atoms with Crippen molar-refractivity contribution < 1.29 is 18.7 Å². The van der Waals surface area contributed by atoms with E-state index in [0.29, 0.717) is 19.4 Å². The van der Waals surface area contributed by atoms with Crippen LogP contribution in [0.2, 0.25) is 5.02 Å². The van der Waals surface area contributed by atoms with Gasteiger partial charge in [0.25, 0.3) is 5.91 Å². The fourth-order valence-corrected chi connectivity index (χ4v) is 2.80. The van der Waals surface area contributed by atoms with Crippen LogP contribution >= 0.6 is 11.6 Å². The summed E-state index contributed by atoms with van der Waals surface area (Å²) in [6.07, 6.45) is 3.03.